The van der Waals surface area contributed by atoms with Crippen LogP contribution in [0, 0.1) is 0 Å². The quantitative estimate of drug-likeness (QED) is 0.720. The number of carbonyl (C=O) groups excluding carboxylic acids is 1. The second kappa shape index (κ2) is 3.25. The third kappa shape index (κ3) is 1.66. The summed E-state index contributed by atoms with van der Waals surface area (Å²) in [4.78, 5) is 21.4. The first-order valence-corrected chi connectivity index (χ1v) is 4.15. The fourth-order valence-electron chi connectivity index (χ4n) is 1.17. The Bertz CT molecular complexity index is 374. The van der Waals surface area contributed by atoms with Crippen LogP contribution in [-0.2, 0) is 5.54 Å². The molecule has 0 saturated heterocycles. The number of carbonyl (C=O) groups is 2. The highest BCUT2D eigenvalue weighted by atomic mass is 16.4. The summed E-state index contributed by atoms with van der Waals surface area (Å²) in [5.41, 5.74) is -0.357. The Balaban J connectivity index is 3.35. The molecule has 1 N–H and O–H groups in total. The Morgan fingerprint density at radius 1 is 1.57 bits per heavy atom. The summed E-state index contributed by atoms with van der Waals surface area (Å²) in [6.45, 7) is 5.54. The molecule has 1 aromatic heterocycles. The second-order valence-electron chi connectivity index (χ2n) is 3.95. The van der Waals surface area contributed by atoms with Gasteiger partial charge in [0.2, 0.25) is 0 Å². The topological polar surface area (TPSA) is 72.2 Å². The van der Waals surface area contributed by atoms with Crippen LogP contribution >= 0.6 is 0 Å². The van der Waals surface area contributed by atoms with E-state index >= 15 is 0 Å². The lowest BCUT2D eigenvalue weighted by Gasteiger charge is -2.20. The summed E-state index contributed by atoms with van der Waals surface area (Å²) in [6.07, 6.45) is 1.71. The zero-order valence-corrected chi connectivity index (χ0v) is 8.31. The molecule has 0 fully saturated rings. The molecule has 1 heterocycles. The highest BCUT2D eigenvalue weighted by Gasteiger charge is 2.23. The second-order valence-corrected chi connectivity index (χ2v) is 3.95. The van der Waals surface area contributed by atoms with Gasteiger partial charge in [0, 0.05) is 0 Å². The van der Waals surface area contributed by atoms with E-state index < -0.39 is 11.5 Å². The SMILES string of the molecule is CC(C)(C)n1ncc(C(=O)O)c1C=O. The minimum Gasteiger partial charge on any atom is -0.478 e. The summed E-state index contributed by atoms with van der Waals surface area (Å²) in [5, 5.41) is 12.6. The molecule has 0 aromatic carbocycles. The number of rotatable bonds is 2. The van der Waals surface area contributed by atoms with Gasteiger partial charge in [0.1, 0.15) is 11.3 Å². The van der Waals surface area contributed by atoms with Crippen molar-refractivity contribution in [3.05, 3.63) is 17.5 Å². The predicted molar refractivity (Wildman–Crippen MR) is 49.6 cm³/mol. The minimum absolute atomic E-state index is 0.0603. The molecular formula is C9H12N2O3. The van der Waals surface area contributed by atoms with Crippen molar-refractivity contribution < 1.29 is 14.7 Å². The van der Waals surface area contributed by atoms with E-state index in [2.05, 4.69) is 5.10 Å². The lowest BCUT2D eigenvalue weighted by atomic mass is 10.1. The van der Waals surface area contributed by atoms with Crippen molar-refractivity contribution in [2.45, 2.75) is 26.3 Å². The molecule has 0 saturated carbocycles. The molecule has 0 bridgehead atoms. The number of aldehydes is 1. The number of hydrogen-bond acceptors (Lipinski definition) is 3. The van der Waals surface area contributed by atoms with Gasteiger partial charge >= 0.3 is 5.97 Å². The molecule has 0 aliphatic heterocycles. The zero-order valence-electron chi connectivity index (χ0n) is 8.31. The molecule has 1 aromatic rings. The number of carboxylic acid groups (broad SMARTS) is 1. The van der Waals surface area contributed by atoms with Gasteiger partial charge in [0.15, 0.2) is 6.29 Å². The van der Waals surface area contributed by atoms with E-state index in [0.717, 1.165) is 0 Å². The van der Waals surface area contributed by atoms with E-state index in [4.69, 9.17) is 5.11 Å². The summed E-state index contributed by atoms with van der Waals surface area (Å²) >= 11 is 0. The van der Waals surface area contributed by atoms with E-state index in [1.165, 1.54) is 10.9 Å². The highest BCUT2D eigenvalue weighted by molar-refractivity contribution is 5.95. The molecule has 5 heteroatoms. The lowest BCUT2D eigenvalue weighted by molar-refractivity contribution is 0.0693. The summed E-state index contributed by atoms with van der Waals surface area (Å²) in [5.74, 6) is -1.14. The monoisotopic (exact) mass is 196 g/mol. The summed E-state index contributed by atoms with van der Waals surface area (Å²) in [6, 6.07) is 0. The molecular weight excluding hydrogens is 184 g/mol. The highest BCUT2D eigenvalue weighted by Crippen LogP contribution is 2.17. The molecule has 5 nitrogen and oxygen atoms in total. The van der Waals surface area contributed by atoms with Crippen LogP contribution in [0.4, 0.5) is 0 Å². The van der Waals surface area contributed by atoms with Gasteiger partial charge in [-0.25, -0.2) is 4.79 Å². The van der Waals surface area contributed by atoms with E-state index in [-0.39, 0.29) is 11.3 Å². The van der Waals surface area contributed by atoms with Crippen LogP contribution in [0.3, 0.4) is 0 Å². The van der Waals surface area contributed by atoms with E-state index in [1.807, 2.05) is 20.8 Å². The Morgan fingerprint density at radius 2 is 2.14 bits per heavy atom. The van der Waals surface area contributed by atoms with Crippen LogP contribution in [0.2, 0.25) is 0 Å². The lowest BCUT2D eigenvalue weighted by Crippen LogP contribution is -2.25. The number of nitrogens with zero attached hydrogens (tertiary/aromatic N) is 2. The maximum absolute atomic E-state index is 10.7. The Morgan fingerprint density at radius 3 is 2.50 bits per heavy atom. The van der Waals surface area contributed by atoms with Crippen molar-refractivity contribution in [3.63, 3.8) is 0 Å². The van der Waals surface area contributed by atoms with Crippen LogP contribution in [0.25, 0.3) is 0 Å². The average Bonchev–Trinajstić information content (AvgIpc) is 2.45. The number of aromatic carboxylic acids is 1. The fourth-order valence-corrected chi connectivity index (χ4v) is 1.17. The van der Waals surface area contributed by atoms with Crippen LogP contribution in [-0.4, -0.2) is 27.1 Å². The molecule has 0 spiro atoms. The van der Waals surface area contributed by atoms with Crippen molar-refractivity contribution >= 4 is 12.3 Å². The van der Waals surface area contributed by atoms with Gasteiger partial charge in [0.05, 0.1) is 11.7 Å². The Kier molecular flexibility index (Phi) is 2.42. The maximum Gasteiger partial charge on any atom is 0.339 e. The van der Waals surface area contributed by atoms with E-state index in [0.29, 0.717) is 6.29 Å². The minimum atomic E-state index is -1.14. The van der Waals surface area contributed by atoms with Crippen LogP contribution < -0.4 is 0 Å². The Hall–Kier alpha value is -1.65. The molecule has 14 heavy (non-hydrogen) atoms. The van der Waals surface area contributed by atoms with Crippen LogP contribution in [0.1, 0.15) is 41.6 Å². The standard InChI is InChI=1S/C9H12N2O3/c1-9(2,3)11-7(5-12)6(4-10-11)8(13)14/h4-5H,1-3H3,(H,13,14). The summed E-state index contributed by atoms with van der Waals surface area (Å²) < 4.78 is 1.41. The van der Waals surface area contributed by atoms with Gasteiger partial charge in [-0.1, -0.05) is 0 Å². The van der Waals surface area contributed by atoms with Crippen LogP contribution in [0.15, 0.2) is 6.20 Å². The third-order valence-electron chi connectivity index (χ3n) is 1.78. The van der Waals surface area contributed by atoms with Crippen molar-refractivity contribution in [1.82, 2.24) is 9.78 Å². The van der Waals surface area contributed by atoms with Gasteiger partial charge in [-0.2, -0.15) is 5.10 Å². The van der Waals surface area contributed by atoms with Gasteiger partial charge in [-0.15, -0.1) is 0 Å². The smallest absolute Gasteiger partial charge is 0.339 e. The first kappa shape index (κ1) is 10.4. The number of aromatic nitrogens is 2. The maximum atomic E-state index is 10.7. The molecule has 0 aliphatic rings. The van der Waals surface area contributed by atoms with Gasteiger partial charge in [-0.05, 0) is 20.8 Å². The van der Waals surface area contributed by atoms with E-state index in [1.54, 1.807) is 0 Å². The number of carboxylic acids is 1. The van der Waals surface area contributed by atoms with Crippen molar-refractivity contribution in [3.8, 4) is 0 Å². The van der Waals surface area contributed by atoms with Gasteiger partial charge < -0.3 is 5.11 Å². The van der Waals surface area contributed by atoms with Crippen molar-refractivity contribution in [1.29, 1.82) is 0 Å². The first-order chi connectivity index (χ1) is 6.38. The molecule has 0 unspecified atom stereocenters. The molecule has 0 radical (unpaired) electrons. The molecule has 76 valence electrons. The average molecular weight is 196 g/mol. The first-order valence-electron chi connectivity index (χ1n) is 4.15. The molecule has 0 atom stereocenters. The Labute approximate surface area is 81.3 Å². The number of hydrogen-bond donors (Lipinski definition) is 1. The van der Waals surface area contributed by atoms with Crippen molar-refractivity contribution in [2.75, 3.05) is 0 Å². The van der Waals surface area contributed by atoms with Crippen LogP contribution in [0.5, 0.6) is 0 Å². The molecule has 1 rings (SSSR count). The zero-order chi connectivity index (χ0) is 10.9. The van der Waals surface area contributed by atoms with Gasteiger partial charge in [0.25, 0.3) is 0 Å². The molecule has 0 amide bonds. The van der Waals surface area contributed by atoms with E-state index in [9.17, 15) is 9.59 Å². The predicted octanol–water partition coefficient (Wildman–Crippen LogP) is 1.15. The van der Waals surface area contributed by atoms with Gasteiger partial charge in [-0.3, -0.25) is 9.48 Å². The third-order valence-corrected chi connectivity index (χ3v) is 1.78. The van der Waals surface area contributed by atoms with Crippen molar-refractivity contribution in [2.24, 2.45) is 0 Å². The molecule has 0 aliphatic carbocycles. The summed E-state index contributed by atoms with van der Waals surface area (Å²) in [7, 11) is 0. The largest absolute Gasteiger partial charge is 0.478 e. The fraction of sp³-hybridized carbons (Fsp3) is 0.444. The normalized spacial score (nSPS) is 11.4.